The molecule has 0 unspecified atom stereocenters. The molecule has 0 aliphatic rings. The second-order valence-corrected chi connectivity index (χ2v) is 4.34. The summed E-state index contributed by atoms with van der Waals surface area (Å²) in [5.74, 6) is 0. The molecule has 0 fully saturated rings. The van der Waals surface area contributed by atoms with Crippen LogP contribution in [-0.2, 0) is 0 Å². The predicted octanol–water partition coefficient (Wildman–Crippen LogP) is -0.737. The molecule has 2 radical (unpaired) electrons. The van der Waals surface area contributed by atoms with Crippen LogP contribution < -0.4 is 0 Å². The average molecular weight is 122 g/mol. The fourth-order valence-electron chi connectivity index (χ4n) is 0.462. The van der Waals surface area contributed by atoms with E-state index in [0.717, 1.165) is 0 Å². The molecule has 0 aromatic heterocycles. The van der Waals surface area contributed by atoms with E-state index in [2.05, 4.69) is 36.0 Å². The zero-order valence-corrected chi connectivity index (χ0v) is 7.63. The van der Waals surface area contributed by atoms with E-state index in [1.807, 2.05) is 0 Å². The molecule has 0 amide bonds. The van der Waals surface area contributed by atoms with E-state index in [9.17, 15) is 0 Å². The Bertz CT molecular complexity index is 43.3. The number of hydrogen-bond donors (Lipinski definition) is 0. The standard InChI is InChI=1S/2C2H6N.Al.Li/c2*1-3-2;;/h2*1-2H3;;/q2*-1;+2;. The van der Waals surface area contributed by atoms with Gasteiger partial charge in [-0.2, -0.15) is 0 Å². The van der Waals surface area contributed by atoms with Gasteiger partial charge in [-0.15, -0.1) is 0 Å². The minimum atomic E-state index is 0. The fourth-order valence-corrected chi connectivity index (χ4v) is 1.39. The minimum absolute atomic E-state index is 0. The van der Waals surface area contributed by atoms with Crippen molar-refractivity contribution in [2.24, 2.45) is 0 Å². The second kappa shape index (κ2) is 6.17. The molecule has 4 heteroatoms. The SMILES string of the molecule is C[N](C)[Al][N](C)C.[Li]. The van der Waals surface area contributed by atoms with Crippen LogP contribution in [0.2, 0.25) is 0 Å². The minimum Gasteiger partial charge on any atom is -0.383 e. The summed E-state index contributed by atoms with van der Waals surface area (Å²) in [4.78, 5) is 0. The molecule has 0 saturated carbocycles. The van der Waals surface area contributed by atoms with Crippen LogP contribution in [0, 0.1) is 0 Å². The molecule has 0 aromatic carbocycles. The summed E-state index contributed by atoms with van der Waals surface area (Å²) in [6, 6.07) is 0. The van der Waals surface area contributed by atoms with Crippen molar-refractivity contribution in [2.45, 2.75) is 0 Å². The van der Waals surface area contributed by atoms with Gasteiger partial charge in [0.15, 0.2) is 0 Å². The van der Waals surface area contributed by atoms with Crippen LogP contribution in [0.5, 0.6) is 0 Å². The molecule has 8 heavy (non-hydrogen) atoms. The van der Waals surface area contributed by atoms with Crippen LogP contribution in [0.3, 0.4) is 0 Å². The predicted molar refractivity (Wildman–Crippen MR) is 38.9 cm³/mol. The van der Waals surface area contributed by atoms with Gasteiger partial charge in [0.2, 0.25) is 0 Å². The van der Waals surface area contributed by atoms with Gasteiger partial charge in [0.1, 0.15) is 0 Å². The Hall–Kier alpha value is 1.05. The molecule has 0 spiro atoms. The van der Waals surface area contributed by atoms with E-state index < -0.39 is 0 Å². The maximum absolute atomic E-state index is 2.21. The third kappa shape index (κ3) is 10.1. The van der Waals surface area contributed by atoms with E-state index in [-0.39, 0.29) is 18.9 Å². The maximum Gasteiger partial charge on any atom is 0.454 e. The van der Waals surface area contributed by atoms with Gasteiger partial charge in [-0.1, -0.05) is 0 Å². The number of hydrogen-bond acceptors (Lipinski definition) is 2. The first-order chi connectivity index (χ1) is 3.13. The molecule has 42 valence electrons. The Kier molecular flexibility index (Phi) is 9.11. The number of nitrogens with zero attached hydrogens (tertiary/aromatic N) is 2. The summed E-state index contributed by atoms with van der Waals surface area (Å²) in [5.41, 5.74) is 0. The van der Waals surface area contributed by atoms with Gasteiger partial charge in [-0.25, -0.2) is 0 Å². The van der Waals surface area contributed by atoms with Crippen molar-refractivity contribution in [3.8, 4) is 0 Å². The Labute approximate surface area is 70.5 Å². The molecule has 0 rings (SSSR count). The first kappa shape index (κ1) is 11.8. The van der Waals surface area contributed by atoms with Crippen molar-refractivity contribution in [1.82, 2.24) is 7.77 Å². The molecular formula is C4H12AlLiN2. The topological polar surface area (TPSA) is 6.48 Å². The van der Waals surface area contributed by atoms with Gasteiger partial charge in [-0.05, 0) is 28.2 Å². The van der Waals surface area contributed by atoms with E-state index in [4.69, 9.17) is 0 Å². The van der Waals surface area contributed by atoms with Gasteiger partial charge in [-0.3, -0.25) is 0 Å². The normalized spacial score (nSPS) is 9.25. The molecule has 2 nitrogen and oxygen atoms in total. The molecule has 0 aliphatic carbocycles. The Morgan fingerprint density at radius 1 is 0.875 bits per heavy atom. The van der Waals surface area contributed by atoms with Crippen molar-refractivity contribution in [3.05, 3.63) is 0 Å². The number of rotatable bonds is 2. The third-order valence-corrected chi connectivity index (χ3v) is 1.39. The van der Waals surface area contributed by atoms with Gasteiger partial charge in [0.05, 0.1) is 0 Å². The van der Waals surface area contributed by atoms with E-state index in [1.54, 1.807) is 0 Å². The van der Waals surface area contributed by atoms with Crippen LogP contribution in [0.1, 0.15) is 0 Å². The first-order valence-electron chi connectivity index (χ1n) is 2.31. The van der Waals surface area contributed by atoms with Crippen LogP contribution in [0.4, 0.5) is 0 Å². The zero-order valence-electron chi connectivity index (χ0n) is 6.47. The Morgan fingerprint density at radius 3 is 1.12 bits per heavy atom. The Morgan fingerprint density at radius 2 is 1.12 bits per heavy atom. The van der Waals surface area contributed by atoms with Gasteiger partial charge in [0, 0.05) is 18.9 Å². The Balaban J connectivity index is 0. The van der Waals surface area contributed by atoms with Gasteiger partial charge >= 0.3 is 15.7 Å². The average Bonchev–Trinajstić information content (AvgIpc) is 1.27. The first-order valence-corrected chi connectivity index (χ1v) is 3.34. The maximum atomic E-state index is 2.21. The van der Waals surface area contributed by atoms with E-state index in [0.29, 0.717) is 15.7 Å². The summed E-state index contributed by atoms with van der Waals surface area (Å²) in [7, 11) is 8.37. The molecular weight excluding hydrogens is 110 g/mol. The summed E-state index contributed by atoms with van der Waals surface area (Å²) < 4.78 is 4.42. The molecule has 0 aliphatic heterocycles. The molecule has 0 heterocycles. The molecule has 0 atom stereocenters. The quantitative estimate of drug-likeness (QED) is 0.445. The van der Waals surface area contributed by atoms with Crippen LogP contribution in [-0.4, -0.2) is 70.5 Å². The summed E-state index contributed by atoms with van der Waals surface area (Å²) in [5, 5.41) is 0. The smallest absolute Gasteiger partial charge is 0.383 e. The third-order valence-electron chi connectivity index (χ3n) is 0.462. The largest absolute Gasteiger partial charge is 0.454 e. The van der Waals surface area contributed by atoms with E-state index in [1.165, 1.54) is 0 Å². The molecule has 0 saturated heterocycles. The fraction of sp³-hybridized carbons (Fsp3) is 1.00. The van der Waals surface area contributed by atoms with Gasteiger partial charge in [0.25, 0.3) is 0 Å². The molecule has 0 bridgehead atoms. The molecule has 0 aromatic rings. The summed E-state index contributed by atoms with van der Waals surface area (Å²) >= 11 is 0.380. The summed E-state index contributed by atoms with van der Waals surface area (Å²) in [6.07, 6.45) is 0. The van der Waals surface area contributed by atoms with Crippen molar-refractivity contribution < 1.29 is 0 Å². The monoisotopic (exact) mass is 122 g/mol. The van der Waals surface area contributed by atoms with E-state index >= 15 is 0 Å². The van der Waals surface area contributed by atoms with Crippen molar-refractivity contribution >= 4 is 34.5 Å². The van der Waals surface area contributed by atoms with Crippen molar-refractivity contribution in [1.29, 1.82) is 0 Å². The van der Waals surface area contributed by atoms with Crippen LogP contribution in [0.15, 0.2) is 0 Å². The van der Waals surface area contributed by atoms with Crippen molar-refractivity contribution in [2.75, 3.05) is 28.2 Å². The second-order valence-electron chi connectivity index (χ2n) is 2.04. The van der Waals surface area contributed by atoms with Crippen LogP contribution >= 0.6 is 0 Å². The zero-order chi connectivity index (χ0) is 5.86. The summed E-state index contributed by atoms with van der Waals surface area (Å²) in [6.45, 7) is 0. The van der Waals surface area contributed by atoms with Crippen LogP contribution in [0.25, 0.3) is 0 Å². The van der Waals surface area contributed by atoms with Crippen molar-refractivity contribution in [3.63, 3.8) is 0 Å². The van der Waals surface area contributed by atoms with Gasteiger partial charge < -0.3 is 7.77 Å². The molecule has 0 N–H and O–H groups in total.